The van der Waals surface area contributed by atoms with Gasteiger partial charge >= 0.3 is 0 Å². The summed E-state index contributed by atoms with van der Waals surface area (Å²) in [6, 6.07) is 0.382. The van der Waals surface area contributed by atoms with Crippen molar-refractivity contribution in [3.05, 3.63) is 0 Å². The lowest BCUT2D eigenvalue weighted by Gasteiger charge is -2.19. The fourth-order valence-electron chi connectivity index (χ4n) is 0.919. The maximum Gasteiger partial charge on any atom is 0.0633 e. The van der Waals surface area contributed by atoms with Crippen LogP contribution in [0.1, 0.15) is 13.3 Å². The van der Waals surface area contributed by atoms with Crippen LogP contribution >= 0.6 is 0 Å². The Labute approximate surface area is 55.7 Å². The van der Waals surface area contributed by atoms with Crippen molar-refractivity contribution in [1.82, 2.24) is 5.01 Å². The van der Waals surface area contributed by atoms with Gasteiger partial charge < -0.3 is 4.74 Å². The molecule has 1 fully saturated rings. The van der Waals surface area contributed by atoms with Crippen molar-refractivity contribution in [3.8, 4) is 0 Å². The van der Waals surface area contributed by atoms with E-state index in [4.69, 9.17) is 10.6 Å². The van der Waals surface area contributed by atoms with Gasteiger partial charge in [-0.25, -0.2) is 5.01 Å². The fourth-order valence-corrected chi connectivity index (χ4v) is 0.919. The van der Waals surface area contributed by atoms with Gasteiger partial charge in [-0.1, -0.05) is 0 Å². The molecule has 0 aromatic rings. The van der Waals surface area contributed by atoms with Gasteiger partial charge in [0.15, 0.2) is 0 Å². The largest absolute Gasteiger partial charge is 0.380 e. The maximum atomic E-state index is 5.63. The fraction of sp³-hybridized carbons (Fsp3) is 1.00. The lowest BCUT2D eigenvalue weighted by molar-refractivity contribution is 0.108. The van der Waals surface area contributed by atoms with E-state index < -0.39 is 0 Å². The summed E-state index contributed by atoms with van der Waals surface area (Å²) in [4.78, 5) is 0. The second-order valence-electron chi connectivity index (χ2n) is 2.52. The molecule has 1 aliphatic heterocycles. The quantitative estimate of drug-likeness (QED) is 0.468. The first-order valence-electron chi connectivity index (χ1n) is 3.40. The highest BCUT2D eigenvalue weighted by Crippen LogP contribution is 2.00. The van der Waals surface area contributed by atoms with Crippen molar-refractivity contribution in [2.45, 2.75) is 19.4 Å². The smallest absolute Gasteiger partial charge is 0.0633 e. The molecule has 0 bridgehead atoms. The number of nitrogens with two attached hydrogens (primary N) is 1. The summed E-state index contributed by atoms with van der Waals surface area (Å²) in [5.41, 5.74) is 0. The number of nitrogens with zero attached hydrogens (tertiary/aromatic N) is 1. The SMILES string of the molecule is CC1COCCCN1N. The molecule has 9 heavy (non-hydrogen) atoms. The number of hydrazine groups is 1. The van der Waals surface area contributed by atoms with E-state index in [1.165, 1.54) is 0 Å². The monoisotopic (exact) mass is 130 g/mol. The van der Waals surface area contributed by atoms with E-state index in [2.05, 4.69) is 6.92 Å². The van der Waals surface area contributed by atoms with Crippen LogP contribution in [0.25, 0.3) is 0 Å². The van der Waals surface area contributed by atoms with Gasteiger partial charge in [0.05, 0.1) is 6.61 Å². The molecule has 1 aliphatic rings. The Morgan fingerprint density at radius 2 is 2.44 bits per heavy atom. The summed E-state index contributed by atoms with van der Waals surface area (Å²) >= 11 is 0. The number of hydrogen-bond acceptors (Lipinski definition) is 3. The molecular formula is C6H14N2O. The molecule has 1 unspecified atom stereocenters. The van der Waals surface area contributed by atoms with Gasteiger partial charge in [0.2, 0.25) is 0 Å². The standard InChI is InChI=1S/C6H14N2O/c1-6-5-9-4-2-3-8(6)7/h6H,2-5,7H2,1H3. The molecule has 1 heterocycles. The molecule has 1 atom stereocenters. The van der Waals surface area contributed by atoms with Gasteiger partial charge in [0.25, 0.3) is 0 Å². The average Bonchev–Trinajstić information content (AvgIpc) is 1.99. The minimum atomic E-state index is 0.382. The molecule has 1 rings (SSSR count). The summed E-state index contributed by atoms with van der Waals surface area (Å²) in [7, 11) is 0. The highest BCUT2D eigenvalue weighted by molar-refractivity contribution is 4.63. The van der Waals surface area contributed by atoms with Crippen molar-refractivity contribution >= 4 is 0 Å². The van der Waals surface area contributed by atoms with Crippen molar-refractivity contribution in [2.75, 3.05) is 19.8 Å². The molecule has 0 radical (unpaired) electrons. The summed E-state index contributed by atoms with van der Waals surface area (Å²) in [6.45, 7) is 4.67. The van der Waals surface area contributed by atoms with E-state index in [1.54, 1.807) is 0 Å². The number of hydrogen-bond donors (Lipinski definition) is 1. The first-order valence-corrected chi connectivity index (χ1v) is 3.40. The topological polar surface area (TPSA) is 38.5 Å². The molecule has 0 aromatic carbocycles. The van der Waals surface area contributed by atoms with Crippen LogP contribution in [0.15, 0.2) is 0 Å². The Morgan fingerprint density at radius 3 is 3.22 bits per heavy atom. The van der Waals surface area contributed by atoms with Gasteiger partial charge in [-0.3, -0.25) is 5.84 Å². The first kappa shape index (κ1) is 6.99. The molecular weight excluding hydrogens is 116 g/mol. The summed E-state index contributed by atoms with van der Waals surface area (Å²) in [5.74, 6) is 5.63. The second-order valence-corrected chi connectivity index (χ2v) is 2.52. The van der Waals surface area contributed by atoms with Crippen LogP contribution in [0.5, 0.6) is 0 Å². The Balaban J connectivity index is 2.32. The van der Waals surface area contributed by atoms with Crippen molar-refractivity contribution in [2.24, 2.45) is 5.84 Å². The molecule has 0 amide bonds. The van der Waals surface area contributed by atoms with Crippen LogP contribution in [-0.4, -0.2) is 30.8 Å². The van der Waals surface area contributed by atoms with Crippen LogP contribution in [0, 0.1) is 0 Å². The van der Waals surface area contributed by atoms with Crippen molar-refractivity contribution in [3.63, 3.8) is 0 Å². The Bertz CT molecular complexity index is 77.1. The molecule has 0 aliphatic carbocycles. The molecule has 3 nitrogen and oxygen atoms in total. The zero-order valence-electron chi connectivity index (χ0n) is 5.84. The molecule has 3 heteroatoms. The van der Waals surface area contributed by atoms with Gasteiger partial charge in [0, 0.05) is 19.2 Å². The van der Waals surface area contributed by atoms with E-state index in [-0.39, 0.29) is 0 Å². The van der Waals surface area contributed by atoms with Crippen molar-refractivity contribution < 1.29 is 4.74 Å². The van der Waals surface area contributed by atoms with Gasteiger partial charge in [-0.15, -0.1) is 0 Å². The van der Waals surface area contributed by atoms with E-state index in [0.717, 1.165) is 26.2 Å². The number of ether oxygens (including phenoxy) is 1. The highest BCUT2D eigenvalue weighted by Gasteiger charge is 2.12. The predicted octanol–water partition coefficient (Wildman–Crippen LogP) is -0.0291. The molecule has 54 valence electrons. The Morgan fingerprint density at radius 1 is 1.67 bits per heavy atom. The molecule has 0 spiro atoms. The third-order valence-corrected chi connectivity index (χ3v) is 1.63. The Hall–Kier alpha value is -0.120. The van der Waals surface area contributed by atoms with E-state index in [9.17, 15) is 0 Å². The van der Waals surface area contributed by atoms with E-state index >= 15 is 0 Å². The highest BCUT2D eigenvalue weighted by atomic mass is 16.5. The van der Waals surface area contributed by atoms with Gasteiger partial charge in [0.1, 0.15) is 0 Å². The average molecular weight is 130 g/mol. The number of rotatable bonds is 0. The third-order valence-electron chi connectivity index (χ3n) is 1.63. The Kier molecular flexibility index (Phi) is 2.45. The minimum Gasteiger partial charge on any atom is -0.380 e. The van der Waals surface area contributed by atoms with Gasteiger partial charge in [-0.2, -0.15) is 0 Å². The zero-order valence-corrected chi connectivity index (χ0v) is 5.84. The van der Waals surface area contributed by atoms with Crippen molar-refractivity contribution in [1.29, 1.82) is 0 Å². The normalized spacial score (nSPS) is 32.0. The summed E-state index contributed by atoms with van der Waals surface area (Å²) in [5, 5.41) is 1.84. The van der Waals surface area contributed by atoms with Crippen LogP contribution in [0.3, 0.4) is 0 Å². The van der Waals surface area contributed by atoms with E-state index in [0.29, 0.717) is 6.04 Å². The van der Waals surface area contributed by atoms with Crippen LogP contribution in [0.4, 0.5) is 0 Å². The van der Waals surface area contributed by atoms with Crippen LogP contribution < -0.4 is 5.84 Å². The van der Waals surface area contributed by atoms with Gasteiger partial charge in [-0.05, 0) is 13.3 Å². The van der Waals surface area contributed by atoms with E-state index in [1.807, 2.05) is 5.01 Å². The molecule has 0 saturated carbocycles. The molecule has 0 aromatic heterocycles. The molecule has 2 N–H and O–H groups in total. The third kappa shape index (κ3) is 1.93. The lowest BCUT2D eigenvalue weighted by atomic mass is 10.3. The van der Waals surface area contributed by atoms with Crippen LogP contribution in [0.2, 0.25) is 0 Å². The summed E-state index contributed by atoms with van der Waals surface area (Å²) in [6.07, 6.45) is 1.06. The minimum absolute atomic E-state index is 0.382. The predicted molar refractivity (Wildman–Crippen MR) is 35.8 cm³/mol. The second kappa shape index (κ2) is 3.15. The van der Waals surface area contributed by atoms with Crippen LogP contribution in [-0.2, 0) is 4.74 Å². The first-order chi connectivity index (χ1) is 4.30. The zero-order chi connectivity index (χ0) is 6.69. The lowest BCUT2D eigenvalue weighted by Crippen LogP contribution is -2.40. The summed E-state index contributed by atoms with van der Waals surface area (Å²) < 4.78 is 5.26. The molecule has 1 saturated heterocycles. The maximum absolute atomic E-state index is 5.63.